The van der Waals surface area contributed by atoms with Crippen LogP contribution in [0.3, 0.4) is 0 Å². The number of carbonyl (C=O) groups excluding carboxylic acids is 2. The highest BCUT2D eigenvalue weighted by atomic mass is 32.1. The number of amides is 1. The van der Waals surface area contributed by atoms with Crippen LogP contribution in [0.2, 0.25) is 0 Å². The molecular weight excluding hydrogens is 523 g/mol. The van der Waals surface area contributed by atoms with Gasteiger partial charge < -0.3 is 19.5 Å². The SMILES string of the molecule is COC(=O)c1ccsc1NC(=O)/C(C#N)=C/c1cn(Cc2ccccc2F)nc1-c1ccc(OC)c(OC)c1. The first kappa shape index (κ1) is 27.1. The Bertz CT molecular complexity index is 1600. The second-order valence-corrected chi connectivity index (χ2v) is 8.99. The number of methoxy groups -OCH3 is 3. The van der Waals surface area contributed by atoms with E-state index >= 15 is 0 Å². The fourth-order valence-corrected chi connectivity index (χ4v) is 4.55. The summed E-state index contributed by atoms with van der Waals surface area (Å²) in [6.07, 6.45) is 3.01. The van der Waals surface area contributed by atoms with E-state index in [1.165, 1.54) is 44.2 Å². The summed E-state index contributed by atoms with van der Waals surface area (Å²) in [5.74, 6) is -0.741. The molecule has 0 fully saturated rings. The molecule has 0 aliphatic rings. The molecule has 2 aromatic heterocycles. The Morgan fingerprint density at radius 1 is 1.13 bits per heavy atom. The van der Waals surface area contributed by atoms with Gasteiger partial charge in [0.1, 0.15) is 22.5 Å². The van der Waals surface area contributed by atoms with Crippen LogP contribution in [0.15, 0.2) is 65.7 Å². The summed E-state index contributed by atoms with van der Waals surface area (Å²) in [5.41, 5.74) is 1.85. The zero-order chi connectivity index (χ0) is 27.9. The largest absolute Gasteiger partial charge is 0.493 e. The van der Waals surface area contributed by atoms with E-state index in [9.17, 15) is 19.2 Å². The Morgan fingerprint density at radius 3 is 2.59 bits per heavy atom. The summed E-state index contributed by atoms with van der Waals surface area (Å²) < 4.78 is 31.3. The van der Waals surface area contributed by atoms with Crippen molar-refractivity contribution < 1.29 is 28.2 Å². The molecular formula is C28H23FN4O5S. The maximum Gasteiger partial charge on any atom is 0.340 e. The lowest BCUT2D eigenvalue weighted by molar-refractivity contribution is -0.112. The highest BCUT2D eigenvalue weighted by Gasteiger charge is 2.20. The fraction of sp³-hybridized carbons (Fsp3) is 0.143. The molecule has 198 valence electrons. The third-order valence-corrected chi connectivity index (χ3v) is 6.53. The van der Waals surface area contributed by atoms with E-state index in [1.54, 1.807) is 48.0 Å². The van der Waals surface area contributed by atoms with E-state index < -0.39 is 11.9 Å². The van der Waals surface area contributed by atoms with Gasteiger partial charge >= 0.3 is 5.97 Å². The Kier molecular flexibility index (Phi) is 8.38. The average molecular weight is 547 g/mol. The van der Waals surface area contributed by atoms with Crippen molar-refractivity contribution in [1.29, 1.82) is 5.26 Å². The van der Waals surface area contributed by atoms with E-state index in [1.807, 2.05) is 6.07 Å². The molecule has 4 rings (SSSR count). The summed E-state index contributed by atoms with van der Waals surface area (Å²) >= 11 is 1.12. The fourth-order valence-electron chi connectivity index (χ4n) is 3.78. The average Bonchev–Trinajstić information content (AvgIpc) is 3.58. The van der Waals surface area contributed by atoms with Crippen LogP contribution in [0.5, 0.6) is 11.5 Å². The molecule has 0 saturated heterocycles. The van der Waals surface area contributed by atoms with Crippen LogP contribution in [-0.2, 0) is 16.1 Å². The quantitative estimate of drug-likeness (QED) is 0.175. The third-order valence-electron chi connectivity index (χ3n) is 5.70. The topological polar surface area (TPSA) is 115 Å². The van der Waals surface area contributed by atoms with Crippen molar-refractivity contribution in [3.05, 3.63) is 88.2 Å². The van der Waals surface area contributed by atoms with E-state index in [2.05, 4.69) is 10.4 Å². The van der Waals surface area contributed by atoms with Crippen molar-refractivity contribution in [2.45, 2.75) is 6.54 Å². The lowest BCUT2D eigenvalue weighted by Gasteiger charge is -2.09. The van der Waals surface area contributed by atoms with E-state index in [0.717, 1.165) is 11.3 Å². The molecule has 1 amide bonds. The molecule has 0 atom stereocenters. The van der Waals surface area contributed by atoms with Gasteiger partial charge in [-0.2, -0.15) is 10.4 Å². The lowest BCUT2D eigenvalue weighted by Crippen LogP contribution is -2.15. The molecule has 4 aromatic rings. The van der Waals surface area contributed by atoms with Crippen LogP contribution in [0.4, 0.5) is 9.39 Å². The predicted molar refractivity (Wildman–Crippen MR) is 144 cm³/mol. The van der Waals surface area contributed by atoms with Gasteiger partial charge in [-0.25, -0.2) is 9.18 Å². The summed E-state index contributed by atoms with van der Waals surface area (Å²) in [6.45, 7) is 0.118. The van der Waals surface area contributed by atoms with Gasteiger partial charge in [-0.3, -0.25) is 9.48 Å². The number of hydrogen-bond donors (Lipinski definition) is 1. The highest BCUT2D eigenvalue weighted by Crippen LogP contribution is 2.34. The molecule has 0 bridgehead atoms. The molecule has 0 saturated carbocycles. The number of aromatic nitrogens is 2. The molecule has 0 aliphatic carbocycles. The minimum Gasteiger partial charge on any atom is -0.493 e. The maximum atomic E-state index is 14.3. The van der Waals surface area contributed by atoms with Crippen molar-refractivity contribution in [3.63, 3.8) is 0 Å². The van der Waals surface area contributed by atoms with Gasteiger partial charge in [0.15, 0.2) is 11.5 Å². The number of carbonyl (C=O) groups is 2. The van der Waals surface area contributed by atoms with Crippen LogP contribution >= 0.6 is 11.3 Å². The van der Waals surface area contributed by atoms with Crippen LogP contribution < -0.4 is 14.8 Å². The van der Waals surface area contributed by atoms with Gasteiger partial charge in [-0.05, 0) is 41.8 Å². The molecule has 11 heteroatoms. The Morgan fingerprint density at radius 2 is 1.90 bits per heavy atom. The maximum absolute atomic E-state index is 14.3. The predicted octanol–water partition coefficient (Wildman–Crippen LogP) is 5.15. The van der Waals surface area contributed by atoms with Crippen molar-refractivity contribution in [3.8, 4) is 28.8 Å². The molecule has 0 aliphatic heterocycles. The number of thiophene rings is 1. The number of ether oxygens (including phenoxy) is 3. The molecule has 0 spiro atoms. The normalized spacial score (nSPS) is 11.0. The summed E-state index contributed by atoms with van der Waals surface area (Å²) in [6, 6.07) is 14.9. The lowest BCUT2D eigenvalue weighted by atomic mass is 10.1. The number of nitrogens with one attached hydrogen (secondary N) is 1. The second kappa shape index (κ2) is 12.1. The van der Waals surface area contributed by atoms with Crippen LogP contribution in [-0.4, -0.2) is 43.0 Å². The molecule has 39 heavy (non-hydrogen) atoms. The zero-order valence-electron chi connectivity index (χ0n) is 21.2. The van der Waals surface area contributed by atoms with Crippen LogP contribution in [0, 0.1) is 17.1 Å². The molecule has 0 radical (unpaired) electrons. The number of anilines is 1. The van der Waals surface area contributed by atoms with Gasteiger partial charge in [0.2, 0.25) is 0 Å². The first-order valence-electron chi connectivity index (χ1n) is 11.5. The minimum absolute atomic E-state index is 0.118. The first-order chi connectivity index (χ1) is 18.9. The number of hydrogen-bond acceptors (Lipinski definition) is 8. The van der Waals surface area contributed by atoms with Gasteiger partial charge in [-0.1, -0.05) is 18.2 Å². The third kappa shape index (κ3) is 5.97. The van der Waals surface area contributed by atoms with Crippen molar-refractivity contribution in [2.75, 3.05) is 26.6 Å². The highest BCUT2D eigenvalue weighted by molar-refractivity contribution is 7.14. The molecule has 0 unspecified atom stereocenters. The number of benzene rings is 2. The summed E-state index contributed by atoms with van der Waals surface area (Å²) in [7, 11) is 4.26. The smallest absolute Gasteiger partial charge is 0.340 e. The monoisotopic (exact) mass is 546 g/mol. The Balaban J connectivity index is 1.75. The van der Waals surface area contributed by atoms with Crippen molar-refractivity contribution >= 4 is 34.3 Å². The number of halogens is 1. The van der Waals surface area contributed by atoms with Gasteiger partial charge in [0, 0.05) is 22.9 Å². The number of nitrogens with zero attached hydrogens (tertiary/aromatic N) is 3. The Hall–Kier alpha value is -4.95. The standard InChI is InChI=1S/C28H23FN4O5S/c1-36-23-9-8-17(13-24(23)37-2)25-20(16-33(32-25)15-18-6-4-5-7-22(18)29)12-19(14-30)26(34)31-27-21(10-11-39-27)28(35)38-3/h4-13,16H,15H2,1-3H3,(H,31,34)/b19-12+. The number of nitriles is 1. The van der Waals surface area contributed by atoms with Crippen molar-refractivity contribution in [2.24, 2.45) is 0 Å². The second-order valence-electron chi connectivity index (χ2n) is 8.07. The Labute approximate surface area is 227 Å². The molecule has 1 N–H and O–H groups in total. The number of rotatable bonds is 9. The van der Waals surface area contributed by atoms with Crippen molar-refractivity contribution in [1.82, 2.24) is 9.78 Å². The van der Waals surface area contributed by atoms with Crippen LogP contribution in [0.25, 0.3) is 17.3 Å². The van der Waals surface area contributed by atoms with E-state index in [-0.39, 0.29) is 28.5 Å². The van der Waals surface area contributed by atoms with Gasteiger partial charge in [0.05, 0.1) is 39.1 Å². The van der Waals surface area contributed by atoms with Crippen LogP contribution in [0.1, 0.15) is 21.5 Å². The van der Waals surface area contributed by atoms with Gasteiger partial charge in [0.25, 0.3) is 5.91 Å². The minimum atomic E-state index is -0.717. The zero-order valence-corrected chi connectivity index (χ0v) is 22.0. The number of esters is 1. The molecule has 9 nitrogen and oxygen atoms in total. The molecule has 2 heterocycles. The van der Waals surface area contributed by atoms with E-state index in [4.69, 9.17) is 14.2 Å². The van der Waals surface area contributed by atoms with E-state index in [0.29, 0.717) is 33.9 Å². The summed E-state index contributed by atoms with van der Waals surface area (Å²) in [4.78, 5) is 25.0. The first-order valence-corrected chi connectivity index (χ1v) is 12.4. The molecule has 2 aromatic carbocycles. The van der Waals surface area contributed by atoms with Gasteiger partial charge in [-0.15, -0.1) is 11.3 Å². The summed E-state index contributed by atoms with van der Waals surface area (Å²) in [5, 5.41) is 18.9.